The summed E-state index contributed by atoms with van der Waals surface area (Å²) in [5, 5.41) is 12.1. The molecule has 0 aliphatic heterocycles. The first-order chi connectivity index (χ1) is 16.5. The molecule has 178 valence electrons. The highest BCUT2D eigenvalue weighted by atomic mass is 32.2. The number of aryl methyl sites for hydroxylation is 3. The summed E-state index contributed by atoms with van der Waals surface area (Å²) in [6.07, 6.45) is 8.52. The number of fused-ring (bicyclic) bond motifs is 4. The molecule has 4 aromatic rings. The molecule has 2 heterocycles. The van der Waals surface area contributed by atoms with Gasteiger partial charge < -0.3 is 14.5 Å². The van der Waals surface area contributed by atoms with Crippen molar-refractivity contribution >= 4 is 44.8 Å². The number of furan rings is 1. The summed E-state index contributed by atoms with van der Waals surface area (Å²) in [5.41, 5.74) is 4.50. The number of carboxylic acids is 1. The highest BCUT2D eigenvalue weighted by Gasteiger charge is 2.30. The van der Waals surface area contributed by atoms with Gasteiger partial charge in [0.15, 0.2) is 0 Å². The average Bonchev–Trinajstić information content (AvgIpc) is 3.41. The fourth-order valence-corrected chi connectivity index (χ4v) is 5.81. The Morgan fingerprint density at radius 3 is 2.76 bits per heavy atom. The number of hydrogen-bond acceptors (Lipinski definition) is 3. The number of aromatic nitrogens is 1. The Morgan fingerprint density at radius 2 is 1.94 bits per heavy atom. The molecule has 34 heavy (non-hydrogen) atoms. The Balaban J connectivity index is 1.32. The fourth-order valence-electron chi connectivity index (χ4n) is 5.10. The van der Waals surface area contributed by atoms with Crippen molar-refractivity contribution in [3.63, 3.8) is 0 Å². The number of nitrogens with zero attached hydrogens (tertiary/aromatic N) is 1. The average molecular weight is 481 g/mol. The van der Waals surface area contributed by atoms with Crippen LogP contribution < -0.4 is 4.31 Å². The van der Waals surface area contributed by atoms with Crippen molar-refractivity contribution in [3.05, 3.63) is 65.5 Å². The zero-order valence-corrected chi connectivity index (χ0v) is 19.6. The summed E-state index contributed by atoms with van der Waals surface area (Å²) < 4.78 is 29.4. The number of H-pyrrole nitrogens is 1. The van der Waals surface area contributed by atoms with Crippen molar-refractivity contribution < 1.29 is 23.1 Å². The standard InChI is InChI=1S/C26H28N2O5S/c29-26(30)23(11-5-1-7-17-16-27-22-10-4-2-8-19(17)22)28(34(31)32)18-13-14-21-20-9-3-6-12-24(20)33-25(21)15-18/h2,4,8,10,13-16,23,27H,1,3,5-7,9,11-12H2,(H,29,30)(H,31,32). The van der Waals surface area contributed by atoms with E-state index in [2.05, 4.69) is 11.1 Å². The molecule has 1 aliphatic carbocycles. The minimum absolute atomic E-state index is 0.261. The van der Waals surface area contributed by atoms with Crippen molar-refractivity contribution in [2.24, 2.45) is 0 Å². The topological polar surface area (TPSA) is 107 Å². The van der Waals surface area contributed by atoms with E-state index in [1.165, 1.54) is 16.5 Å². The van der Waals surface area contributed by atoms with E-state index in [9.17, 15) is 18.7 Å². The maximum absolute atomic E-state index is 12.3. The molecule has 2 unspecified atom stereocenters. The molecule has 5 rings (SSSR count). The van der Waals surface area contributed by atoms with Gasteiger partial charge in [0.1, 0.15) is 17.4 Å². The molecule has 0 radical (unpaired) electrons. The lowest BCUT2D eigenvalue weighted by molar-refractivity contribution is -0.138. The Labute approximate surface area is 200 Å². The summed E-state index contributed by atoms with van der Waals surface area (Å²) in [7, 11) is 0. The number of carbonyl (C=O) groups is 1. The van der Waals surface area contributed by atoms with E-state index in [1.54, 1.807) is 12.1 Å². The Kier molecular flexibility index (Phi) is 6.43. The number of para-hydroxylation sites is 1. The molecule has 2 aromatic heterocycles. The summed E-state index contributed by atoms with van der Waals surface area (Å²) in [6.45, 7) is 0. The van der Waals surface area contributed by atoms with Crippen LogP contribution in [-0.2, 0) is 35.3 Å². The third-order valence-corrected chi connectivity index (χ3v) is 7.58. The van der Waals surface area contributed by atoms with Crippen LogP contribution in [0.2, 0.25) is 0 Å². The second kappa shape index (κ2) is 9.64. The van der Waals surface area contributed by atoms with Gasteiger partial charge in [-0.3, -0.25) is 8.86 Å². The van der Waals surface area contributed by atoms with Crippen LogP contribution in [0.4, 0.5) is 5.69 Å². The number of unbranched alkanes of at least 4 members (excludes halogenated alkanes) is 1. The molecular weight excluding hydrogens is 452 g/mol. The molecule has 0 saturated heterocycles. The molecule has 1 aliphatic rings. The van der Waals surface area contributed by atoms with Crippen LogP contribution in [0.1, 0.15) is 49.0 Å². The summed E-state index contributed by atoms with van der Waals surface area (Å²) in [6, 6.07) is 12.3. The molecule has 7 nitrogen and oxygen atoms in total. The summed E-state index contributed by atoms with van der Waals surface area (Å²) in [4.78, 5) is 15.4. The van der Waals surface area contributed by atoms with E-state index in [-0.39, 0.29) is 6.42 Å². The van der Waals surface area contributed by atoms with Gasteiger partial charge in [-0.1, -0.05) is 24.6 Å². The minimum Gasteiger partial charge on any atom is -0.480 e. The van der Waals surface area contributed by atoms with Crippen molar-refractivity contribution in [2.75, 3.05) is 4.31 Å². The van der Waals surface area contributed by atoms with E-state index >= 15 is 0 Å². The van der Waals surface area contributed by atoms with E-state index in [1.807, 2.05) is 30.5 Å². The lowest BCUT2D eigenvalue weighted by Gasteiger charge is -2.26. The van der Waals surface area contributed by atoms with E-state index in [0.717, 1.165) is 59.5 Å². The third-order valence-electron chi connectivity index (χ3n) is 6.78. The molecule has 0 spiro atoms. The molecular formula is C26H28N2O5S. The zero-order chi connectivity index (χ0) is 23.7. The number of nitrogens with one attached hydrogen (secondary N) is 1. The molecule has 2 aromatic carbocycles. The van der Waals surface area contributed by atoms with Gasteiger partial charge in [-0.25, -0.2) is 9.00 Å². The number of carboxylic acid groups (broad SMARTS) is 1. The van der Waals surface area contributed by atoms with E-state index < -0.39 is 23.3 Å². The van der Waals surface area contributed by atoms with Crippen LogP contribution in [0, 0.1) is 0 Å². The number of aromatic amines is 1. The molecule has 3 N–H and O–H groups in total. The molecule has 0 saturated carbocycles. The number of benzene rings is 2. The van der Waals surface area contributed by atoms with Gasteiger partial charge in [0, 0.05) is 40.5 Å². The van der Waals surface area contributed by atoms with Gasteiger partial charge in [-0.2, -0.15) is 0 Å². The van der Waals surface area contributed by atoms with Crippen LogP contribution >= 0.6 is 0 Å². The van der Waals surface area contributed by atoms with Crippen molar-refractivity contribution in [3.8, 4) is 0 Å². The normalized spacial score (nSPS) is 15.3. The van der Waals surface area contributed by atoms with Gasteiger partial charge >= 0.3 is 5.97 Å². The van der Waals surface area contributed by atoms with Gasteiger partial charge in [-0.05, 0) is 62.3 Å². The van der Waals surface area contributed by atoms with Crippen LogP contribution in [0.5, 0.6) is 0 Å². The van der Waals surface area contributed by atoms with Crippen LogP contribution in [0.3, 0.4) is 0 Å². The van der Waals surface area contributed by atoms with Crippen LogP contribution in [0.25, 0.3) is 21.9 Å². The fraction of sp³-hybridized carbons (Fsp3) is 0.346. The molecule has 0 fully saturated rings. The molecule has 0 bridgehead atoms. The summed E-state index contributed by atoms with van der Waals surface area (Å²) in [5.74, 6) is -0.143. The number of aliphatic carboxylic acids is 1. The largest absolute Gasteiger partial charge is 0.480 e. The summed E-state index contributed by atoms with van der Waals surface area (Å²) >= 11 is -2.49. The number of rotatable bonds is 9. The smallest absolute Gasteiger partial charge is 0.327 e. The first kappa shape index (κ1) is 22.7. The maximum Gasteiger partial charge on any atom is 0.327 e. The lowest BCUT2D eigenvalue weighted by atomic mass is 9.96. The van der Waals surface area contributed by atoms with Gasteiger partial charge in [-0.15, -0.1) is 0 Å². The monoisotopic (exact) mass is 480 g/mol. The quantitative estimate of drug-likeness (QED) is 0.213. The van der Waals surface area contributed by atoms with Crippen molar-refractivity contribution in [2.45, 2.75) is 57.4 Å². The van der Waals surface area contributed by atoms with Crippen molar-refractivity contribution in [1.29, 1.82) is 0 Å². The van der Waals surface area contributed by atoms with Crippen LogP contribution in [-0.4, -0.2) is 30.9 Å². The SMILES string of the molecule is O=C(O)C(CCCCc1c[nH]c2ccccc12)N(c1ccc2c3c(oc2c1)CCCC3)S(=O)O. The van der Waals surface area contributed by atoms with Crippen molar-refractivity contribution in [1.82, 2.24) is 4.98 Å². The lowest BCUT2D eigenvalue weighted by Crippen LogP contribution is -2.42. The second-order valence-corrected chi connectivity index (χ2v) is 9.76. The zero-order valence-electron chi connectivity index (χ0n) is 18.8. The first-order valence-electron chi connectivity index (χ1n) is 11.7. The van der Waals surface area contributed by atoms with Gasteiger partial charge in [0.2, 0.25) is 0 Å². The van der Waals surface area contributed by atoms with Gasteiger partial charge in [0.05, 0.1) is 5.69 Å². The second-order valence-electron chi connectivity index (χ2n) is 8.91. The maximum atomic E-state index is 12.3. The highest BCUT2D eigenvalue weighted by molar-refractivity contribution is 7.80. The Morgan fingerprint density at radius 1 is 1.12 bits per heavy atom. The third kappa shape index (κ3) is 4.35. The number of anilines is 1. The Hall–Kier alpha value is -3.10. The number of hydrogen-bond donors (Lipinski definition) is 3. The first-order valence-corrected chi connectivity index (χ1v) is 12.8. The predicted octanol–water partition coefficient (Wildman–Crippen LogP) is 5.60. The molecule has 8 heteroatoms. The van der Waals surface area contributed by atoms with E-state index in [0.29, 0.717) is 17.7 Å². The molecule has 2 atom stereocenters. The predicted molar refractivity (Wildman–Crippen MR) is 133 cm³/mol. The minimum atomic E-state index is -2.49. The van der Waals surface area contributed by atoms with Crippen LogP contribution in [0.15, 0.2) is 53.1 Å². The van der Waals surface area contributed by atoms with E-state index in [4.69, 9.17) is 4.42 Å². The highest BCUT2D eigenvalue weighted by Crippen LogP contribution is 2.35. The molecule has 0 amide bonds. The van der Waals surface area contributed by atoms with Gasteiger partial charge in [0.25, 0.3) is 11.3 Å². The Bertz CT molecular complexity index is 1360.